The van der Waals surface area contributed by atoms with Crippen LogP contribution in [0, 0.1) is 0 Å². The van der Waals surface area contributed by atoms with Gasteiger partial charge in [0.25, 0.3) is 0 Å². The summed E-state index contributed by atoms with van der Waals surface area (Å²) < 4.78 is 5.61. The number of rotatable bonds is 4. The predicted molar refractivity (Wildman–Crippen MR) is 74.0 cm³/mol. The monoisotopic (exact) mass is 245 g/mol. The SMILES string of the molecule is C=C(C)CN=C(N)NCC1COc2ccccc21. The van der Waals surface area contributed by atoms with Crippen LogP contribution in [0.25, 0.3) is 0 Å². The Balaban J connectivity index is 1.89. The van der Waals surface area contributed by atoms with Gasteiger partial charge >= 0.3 is 0 Å². The highest BCUT2D eigenvalue weighted by Crippen LogP contribution is 2.32. The van der Waals surface area contributed by atoms with E-state index in [2.05, 4.69) is 23.0 Å². The lowest BCUT2D eigenvalue weighted by molar-refractivity contribution is 0.330. The molecule has 3 N–H and O–H groups in total. The zero-order valence-corrected chi connectivity index (χ0v) is 10.6. The lowest BCUT2D eigenvalue weighted by atomic mass is 10.0. The number of nitrogens with zero attached hydrogens (tertiary/aromatic N) is 1. The van der Waals surface area contributed by atoms with Crippen LogP contribution in [0.15, 0.2) is 41.4 Å². The van der Waals surface area contributed by atoms with E-state index >= 15 is 0 Å². The molecule has 4 heteroatoms. The molecular weight excluding hydrogens is 226 g/mol. The Kier molecular flexibility index (Phi) is 3.87. The Hall–Kier alpha value is -1.97. The summed E-state index contributed by atoms with van der Waals surface area (Å²) in [6.45, 7) is 7.71. The average molecular weight is 245 g/mol. The van der Waals surface area contributed by atoms with Gasteiger partial charge in [-0.05, 0) is 13.0 Å². The Morgan fingerprint density at radius 1 is 1.56 bits per heavy atom. The summed E-state index contributed by atoms with van der Waals surface area (Å²) in [5.74, 6) is 1.77. The van der Waals surface area contributed by atoms with Gasteiger partial charge in [0.15, 0.2) is 5.96 Å². The Bertz CT molecular complexity index is 468. The number of guanidine groups is 1. The molecule has 0 radical (unpaired) electrons. The van der Waals surface area contributed by atoms with Gasteiger partial charge in [-0.15, -0.1) is 0 Å². The molecule has 0 saturated carbocycles. The smallest absolute Gasteiger partial charge is 0.188 e. The molecule has 0 saturated heterocycles. The molecule has 1 heterocycles. The van der Waals surface area contributed by atoms with Crippen LogP contribution in [0.5, 0.6) is 5.75 Å². The molecule has 0 aliphatic carbocycles. The molecule has 96 valence electrons. The van der Waals surface area contributed by atoms with Crippen molar-refractivity contribution < 1.29 is 4.74 Å². The van der Waals surface area contributed by atoms with Crippen LogP contribution in [-0.4, -0.2) is 25.7 Å². The summed E-state index contributed by atoms with van der Waals surface area (Å²) in [5.41, 5.74) is 8.01. The van der Waals surface area contributed by atoms with Crippen molar-refractivity contribution >= 4 is 5.96 Å². The molecule has 1 aliphatic rings. The van der Waals surface area contributed by atoms with Crippen molar-refractivity contribution in [3.8, 4) is 5.75 Å². The number of fused-ring (bicyclic) bond motifs is 1. The van der Waals surface area contributed by atoms with E-state index in [-0.39, 0.29) is 0 Å². The van der Waals surface area contributed by atoms with Crippen LogP contribution in [0.3, 0.4) is 0 Å². The lowest BCUT2D eigenvalue weighted by Gasteiger charge is -2.11. The topological polar surface area (TPSA) is 59.6 Å². The van der Waals surface area contributed by atoms with E-state index < -0.39 is 0 Å². The summed E-state index contributed by atoms with van der Waals surface area (Å²) in [5, 5.41) is 3.13. The van der Waals surface area contributed by atoms with Gasteiger partial charge in [0, 0.05) is 18.0 Å². The molecule has 1 aromatic rings. The summed E-state index contributed by atoms with van der Waals surface area (Å²) >= 11 is 0. The van der Waals surface area contributed by atoms with E-state index in [0.717, 1.165) is 17.9 Å². The zero-order chi connectivity index (χ0) is 13.0. The molecule has 2 rings (SSSR count). The fourth-order valence-corrected chi connectivity index (χ4v) is 1.90. The number of nitrogens with two attached hydrogens (primary N) is 1. The maximum absolute atomic E-state index is 5.78. The largest absolute Gasteiger partial charge is 0.493 e. The third-order valence-electron chi connectivity index (χ3n) is 2.85. The third-order valence-corrected chi connectivity index (χ3v) is 2.85. The van der Waals surface area contributed by atoms with Crippen molar-refractivity contribution in [1.29, 1.82) is 0 Å². The van der Waals surface area contributed by atoms with Crippen LogP contribution in [0.4, 0.5) is 0 Å². The van der Waals surface area contributed by atoms with Crippen LogP contribution in [0.2, 0.25) is 0 Å². The minimum Gasteiger partial charge on any atom is -0.493 e. The van der Waals surface area contributed by atoms with Crippen LogP contribution in [0.1, 0.15) is 18.4 Å². The maximum Gasteiger partial charge on any atom is 0.188 e. The first-order valence-corrected chi connectivity index (χ1v) is 6.06. The van der Waals surface area contributed by atoms with Gasteiger partial charge < -0.3 is 15.8 Å². The summed E-state index contributed by atoms with van der Waals surface area (Å²) in [6.07, 6.45) is 0. The van der Waals surface area contributed by atoms with Crippen LogP contribution in [-0.2, 0) is 0 Å². The van der Waals surface area contributed by atoms with Crippen molar-refractivity contribution in [1.82, 2.24) is 5.32 Å². The van der Waals surface area contributed by atoms with E-state index in [1.54, 1.807) is 0 Å². The van der Waals surface area contributed by atoms with Gasteiger partial charge in [0.2, 0.25) is 0 Å². The number of aliphatic imine (C=N–C) groups is 1. The highest BCUT2D eigenvalue weighted by atomic mass is 16.5. The van der Waals surface area contributed by atoms with Gasteiger partial charge in [0.05, 0.1) is 13.2 Å². The number of hydrogen-bond donors (Lipinski definition) is 2. The maximum atomic E-state index is 5.78. The minimum atomic E-state index is 0.333. The summed E-state index contributed by atoms with van der Waals surface area (Å²) in [4.78, 5) is 4.18. The van der Waals surface area contributed by atoms with Crippen LogP contribution >= 0.6 is 0 Å². The number of hydrogen-bond acceptors (Lipinski definition) is 2. The molecule has 0 spiro atoms. The number of benzene rings is 1. The first-order chi connectivity index (χ1) is 8.66. The predicted octanol–water partition coefficient (Wildman–Crippen LogP) is 1.64. The number of para-hydroxylation sites is 1. The highest BCUT2D eigenvalue weighted by Gasteiger charge is 2.23. The van der Waals surface area contributed by atoms with E-state index in [1.165, 1.54) is 5.56 Å². The first kappa shape index (κ1) is 12.5. The van der Waals surface area contributed by atoms with Crippen molar-refractivity contribution in [3.05, 3.63) is 42.0 Å². The zero-order valence-electron chi connectivity index (χ0n) is 10.6. The van der Waals surface area contributed by atoms with Gasteiger partial charge in [-0.25, -0.2) is 4.99 Å². The van der Waals surface area contributed by atoms with Gasteiger partial charge in [-0.3, -0.25) is 0 Å². The molecule has 0 bridgehead atoms. The van der Waals surface area contributed by atoms with Crippen molar-refractivity contribution in [2.45, 2.75) is 12.8 Å². The fraction of sp³-hybridized carbons (Fsp3) is 0.357. The lowest BCUT2D eigenvalue weighted by Crippen LogP contribution is -2.35. The molecule has 0 aromatic heterocycles. The second-order valence-electron chi connectivity index (χ2n) is 4.59. The summed E-state index contributed by atoms with van der Waals surface area (Å²) in [6, 6.07) is 8.10. The van der Waals surface area contributed by atoms with E-state index in [4.69, 9.17) is 10.5 Å². The minimum absolute atomic E-state index is 0.333. The normalized spacial score (nSPS) is 18.1. The quantitative estimate of drug-likeness (QED) is 0.481. The molecule has 1 atom stereocenters. The van der Waals surface area contributed by atoms with E-state index in [9.17, 15) is 0 Å². The fourth-order valence-electron chi connectivity index (χ4n) is 1.90. The molecule has 18 heavy (non-hydrogen) atoms. The molecule has 1 unspecified atom stereocenters. The second kappa shape index (κ2) is 5.58. The number of nitrogens with one attached hydrogen (secondary N) is 1. The molecule has 1 aliphatic heterocycles. The van der Waals surface area contributed by atoms with Crippen LogP contribution < -0.4 is 15.8 Å². The van der Waals surface area contributed by atoms with E-state index in [1.807, 2.05) is 25.1 Å². The standard InChI is InChI=1S/C14H19N3O/c1-10(2)7-16-14(15)17-8-11-9-18-13-6-4-3-5-12(11)13/h3-6,11H,1,7-9H2,2H3,(H3,15,16,17). The van der Waals surface area contributed by atoms with E-state index in [0.29, 0.717) is 25.0 Å². The second-order valence-corrected chi connectivity index (χ2v) is 4.59. The van der Waals surface area contributed by atoms with Crippen molar-refractivity contribution in [2.75, 3.05) is 19.7 Å². The highest BCUT2D eigenvalue weighted by molar-refractivity contribution is 5.78. The van der Waals surface area contributed by atoms with Gasteiger partial charge in [0.1, 0.15) is 5.75 Å². The van der Waals surface area contributed by atoms with Gasteiger partial charge in [-0.2, -0.15) is 0 Å². The molecule has 0 fully saturated rings. The Morgan fingerprint density at radius 2 is 2.33 bits per heavy atom. The number of ether oxygens (including phenoxy) is 1. The summed E-state index contributed by atoms with van der Waals surface area (Å²) in [7, 11) is 0. The average Bonchev–Trinajstić information content (AvgIpc) is 2.77. The van der Waals surface area contributed by atoms with Crippen molar-refractivity contribution in [2.24, 2.45) is 10.7 Å². The first-order valence-electron chi connectivity index (χ1n) is 6.06. The molecule has 0 amide bonds. The van der Waals surface area contributed by atoms with Crippen molar-refractivity contribution in [3.63, 3.8) is 0 Å². The molecule has 1 aromatic carbocycles. The Morgan fingerprint density at radius 3 is 3.11 bits per heavy atom. The Labute approximate surface area is 108 Å². The molecule has 4 nitrogen and oxygen atoms in total. The van der Waals surface area contributed by atoms with Gasteiger partial charge in [-0.1, -0.05) is 30.4 Å². The molecular formula is C14H19N3O. The third kappa shape index (κ3) is 3.03.